The van der Waals surface area contributed by atoms with Gasteiger partial charge in [-0.15, -0.1) is 0 Å². The van der Waals surface area contributed by atoms with E-state index in [1.807, 2.05) is 0 Å². The number of hydrogen-bond acceptors (Lipinski definition) is 0. The third-order valence-corrected chi connectivity index (χ3v) is 0. The third-order valence-electron chi connectivity index (χ3n) is 0. The predicted molar refractivity (Wildman–Crippen MR) is 8.54 cm³/mol. The van der Waals surface area contributed by atoms with Gasteiger partial charge in [0.15, 0.2) is 0 Å². The Morgan fingerprint density at radius 1 is 1.17 bits per heavy atom. The first-order valence-corrected chi connectivity index (χ1v) is 1.30. The molecule has 0 fully saturated rings. The topological polar surface area (TPSA) is 0 Å². The van der Waals surface area contributed by atoms with Crippen LogP contribution >= 0.6 is 0 Å². The van der Waals surface area contributed by atoms with Crippen molar-refractivity contribution < 1.29 is 107 Å². The van der Waals surface area contributed by atoms with Crippen molar-refractivity contribution in [1.82, 2.24) is 0 Å². The van der Waals surface area contributed by atoms with Crippen LogP contribution in [0, 0.1) is 40.8 Å². The van der Waals surface area contributed by atoms with Crippen LogP contribution in [0.1, 0.15) is 0 Å². The van der Waals surface area contributed by atoms with Crippen molar-refractivity contribution in [1.29, 1.82) is 0 Å². The van der Waals surface area contributed by atoms with E-state index in [0.717, 1.165) is 0 Å². The molecule has 0 saturated carbocycles. The fourth-order valence-electron chi connectivity index (χ4n) is 0. The fourth-order valence-corrected chi connectivity index (χ4v) is 0. The second-order valence-electron chi connectivity index (χ2n) is 0. The standard InChI is InChI=1S/BH2.Cu.Fe.Nd.2Ni/h1H2;;;;;/q+1;;;;;-1. The molecule has 6 heavy (non-hydrogen) atoms. The molecule has 0 aliphatic carbocycles. The quantitative estimate of drug-likeness (QED) is 0.467. The zero-order chi connectivity index (χ0) is 2.00. The van der Waals surface area contributed by atoms with Gasteiger partial charge in [-0.2, -0.15) is 0 Å². The van der Waals surface area contributed by atoms with Gasteiger partial charge in [-0.3, -0.25) is 0 Å². The summed E-state index contributed by atoms with van der Waals surface area (Å²) in [7, 11) is 0. The van der Waals surface area contributed by atoms with Crippen molar-refractivity contribution in [2.75, 3.05) is 0 Å². The summed E-state index contributed by atoms with van der Waals surface area (Å²) >= 11 is 3.88. The molecule has 0 bridgehead atoms. The molecule has 0 N–H and O–H groups in total. The van der Waals surface area contributed by atoms with E-state index in [1.54, 1.807) is 6.74 Å². The first kappa shape index (κ1) is 34.1. The molecule has 0 aromatic heterocycles. The van der Waals surface area contributed by atoms with Crippen molar-refractivity contribution in [3.05, 3.63) is 0 Å². The molecule has 0 spiro atoms. The summed E-state index contributed by atoms with van der Waals surface area (Å²) in [4.78, 5) is 0. The Labute approximate surface area is 111 Å². The Morgan fingerprint density at radius 3 is 1.17 bits per heavy atom. The molecule has 6 heteroatoms. The Balaban J connectivity index is -0.000000000833. The van der Waals surface area contributed by atoms with Gasteiger partial charge < -0.3 is 0 Å². The van der Waals surface area contributed by atoms with Crippen molar-refractivity contribution in [2.24, 2.45) is 0 Å². The van der Waals surface area contributed by atoms with Crippen molar-refractivity contribution in [3.8, 4) is 0 Å². The largest absolute Gasteiger partial charge is 0 e. The molecule has 48 valence electrons. The van der Waals surface area contributed by atoms with Gasteiger partial charge in [-0.05, 0) is 0 Å². The van der Waals surface area contributed by atoms with Crippen LogP contribution in [0.15, 0.2) is 0 Å². The second-order valence-corrected chi connectivity index (χ2v) is 0. The van der Waals surface area contributed by atoms with Gasteiger partial charge in [0.05, 0.1) is 0 Å². The molecule has 0 heterocycles. The molecule has 0 aromatic rings. The molecule has 0 aliphatic rings. The van der Waals surface area contributed by atoms with E-state index >= 15 is 0 Å². The summed E-state index contributed by atoms with van der Waals surface area (Å²) in [6.07, 6.45) is 0. The van der Waals surface area contributed by atoms with Gasteiger partial charge in [0, 0.05) is 91.5 Å². The van der Waals surface area contributed by atoms with Gasteiger partial charge in [0.2, 0.25) is 0 Å². The molecule has 0 amide bonds. The predicted octanol–water partition coefficient (Wildman–Crippen LogP) is -0.926. The minimum atomic E-state index is 0. The maximum absolute atomic E-state index is 3.88. The van der Waals surface area contributed by atoms with Crippen LogP contribution in [0.3, 0.4) is 0 Å². The maximum atomic E-state index is 3.88. The molecule has 0 saturated heterocycles. The third kappa shape index (κ3) is 26.1. The molecule has 0 rings (SSSR count). The van der Waals surface area contributed by atoms with E-state index in [2.05, 4.69) is 15.3 Å². The van der Waals surface area contributed by atoms with Crippen molar-refractivity contribution in [3.63, 3.8) is 0 Å². The van der Waals surface area contributed by atoms with Gasteiger partial charge in [0.1, 0.15) is 0 Å². The minimum absolute atomic E-state index is 0. The first-order chi connectivity index (χ1) is 1.00. The van der Waals surface area contributed by atoms with Gasteiger partial charge in [-0.1, -0.05) is 0 Å². The monoisotopic (exact) mass is 390 g/mol. The van der Waals surface area contributed by atoms with Gasteiger partial charge in [-0.25, -0.2) is 0 Å². The van der Waals surface area contributed by atoms with Crippen LogP contribution in [-0.4, -0.2) is 6.74 Å². The maximum Gasteiger partial charge on any atom is 0 e. The first-order valence-electron chi connectivity index (χ1n) is 0.316. The Hall–Kier alpha value is 3.44. The summed E-state index contributed by atoms with van der Waals surface area (Å²) < 4.78 is 0. The van der Waals surface area contributed by atoms with E-state index in [0.29, 0.717) is 0 Å². The fraction of sp³-hybridized carbons (Fsp3) is 0. The SMILES string of the molecule is [BH2][Ni].[Cu].[Fe].[Nd].[Ni]. The zero-order valence-electron chi connectivity index (χ0n) is 2.79. The summed E-state index contributed by atoms with van der Waals surface area (Å²) in [6.45, 7) is 1.62. The zero-order valence-corrected chi connectivity index (χ0v) is 10.0. The van der Waals surface area contributed by atoms with Crippen molar-refractivity contribution in [2.45, 2.75) is 0 Å². The van der Waals surface area contributed by atoms with E-state index in [9.17, 15) is 0 Å². The van der Waals surface area contributed by atoms with Crippen LogP contribution in [0.4, 0.5) is 0 Å². The summed E-state index contributed by atoms with van der Waals surface area (Å²) in [5, 5.41) is 0. The van der Waals surface area contributed by atoms with E-state index in [4.69, 9.17) is 0 Å². The summed E-state index contributed by atoms with van der Waals surface area (Å²) in [5.41, 5.74) is 0. The molecule has 1 radical (unpaired) electrons. The number of rotatable bonds is 0. The molecule has 0 unspecified atom stereocenters. The van der Waals surface area contributed by atoms with Gasteiger partial charge in [0.25, 0.3) is 0 Å². The average Bonchev–Trinajstić information content (AvgIpc) is 1.00. The Bertz CT molecular complexity index is 13.5. The normalized spacial score (nSPS) is 1.00. The molecule has 0 aliphatic heterocycles. The number of hydrogen-bond donors (Lipinski definition) is 0. The molecular weight excluding hydrogens is 392 g/mol. The smallest absolute Gasteiger partial charge is 0 e. The van der Waals surface area contributed by atoms with E-state index < -0.39 is 0 Å². The molecule has 0 nitrogen and oxygen atoms in total. The van der Waals surface area contributed by atoms with Crippen LogP contribution in [0.5, 0.6) is 0 Å². The molecule has 0 atom stereocenters. The van der Waals surface area contributed by atoms with Crippen LogP contribution < -0.4 is 0 Å². The molecule has 0 aromatic carbocycles. The second kappa shape index (κ2) is 39.5. The van der Waals surface area contributed by atoms with E-state index in [-0.39, 0.29) is 91.5 Å². The summed E-state index contributed by atoms with van der Waals surface area (Å²) in [6, 6.07) is 0. The summed E-state index contributed by atoms with van der Waals surface area (Å²) in [5.74, 6) is 0. The van der Waals surface area contributed by atoms with E-state index in [1.165, 1.54) is 0 Å². The Kier molecular flexibility index (Phi) is 224. The van der Waals surface area contributed by atoms with Crippen LogP contribution in [0.25, 0.3) is 0 Å². The van der Waals surface area contributed by atoms with Crippen molar-refractivity contribution >= 4 is 6.74 Å². The van der Waals surface area contributed by atoms with Gasteiger partial charge >= 0.3 is 22.0 Å². The Morgan fingerprint density at radius 2 is 1.17 bits per heavy atom. The molecular formula is H2BCuFeNdNi2. The minimum Gasteiger partial charge on any atom is 0 e. The van der Waals surface area contributed by atoms with Crippen LogP contribution in [0.2, 0.25) is 0 Å². The average molecular weight is 394 g/mol. The van der Waals surface area contributed by atoms with Crippen LogP contribution in [-0.2, 0) is 65.9 Å².